The molecule has 0 radical (unpaired) electrons. The molecule has 5 nitrogen and oxygen atoms in total. The van der Waals surface area contributed by atoms with Gasteiger partial charge in [0.2, 0.25) is 11.1 Å². The van der Waals surface area contributed by atoms with Crippen LogP contribution in [0.1, 0.15) is 0 Å². The van der Waals surface area contributed by atoms with Crippen LogP contribution in [0.3, 0.4) is 0 Å². The van der Waals surface area contributed by atoms with Crippen molar-refractivity contribution in [3.8, 4) is 22.5 Å². The van der Waals surface area contributed by atoms with Crippen molar-refractivity contribution in [1.29, 1.82) is 0 Å². The summed E-state index contributed by atoms with van der Waals surface area (Å²) in [7, 11) is 0. The topological polar surface area (TPSA) is 67.8 Å². The molecule has 0 fully saturated rings. The maximum absolute atomic E-state index is 13.3. The average Bonchev–Trinajstić information content (AvgIpc) is 2.81. The summed E-state index contributed by atoms with van der Waals surface area (Å²) in [5.41, 5.74) is 3.24. The second-order valence-corrected chi connectivity index (χ2v) is 7.43. The van der Waals surface area contributed by atoms with E-state index in [-0.39, 0.29) is 11.4 Å². The Morgan fingerprint density at radius 1 is 0.806 bits per heavy atom. The molecule has 0 unspecified atom stereocenters. The summed E-state index contributed by atoms with van der Waals surface area (Å²) in [6.45, 7) is 0. The van der Waals surface area contributed by atoms with E-state index in [0.717, 1.165) is 35.0 Å². The van der Waals surface area contributed by atoms with Gasteiger partial charge in [0.25, 0.3) is 0 Å². The number of anilines is 1. The zero-order valence-electron chi connectivity index (χ0n) is 16.1. The highest BCUT2D eigenvalue weighted by atomic mass is 32.2. The number of thioether (sulfide) groups is 1. The van der Waals surface area contributed by atoms with Gasteiger partial charge in [-0.05, 0) is 12.1 Å². The smallest absolute Gasteiger partial charge is 0.234 e. The number of aromatic nitrogens is 3. The Balaban J connectivity index is 1.54. The first-order valence-corrected chi connectivity index (χ1v) is 10.3. The van der Waals surface area contributed by atoms with Gasteiger partial charge in [0.15, 0.2) is 11.6 Å². The van der Waals surface area contributed by atoms with E-state index in [4.69, 9.17) is 0 Å². The number of hydrogen-bond donors (Lipinski definition) is 1. The molecular weight excluding hydrogens is 418 g/mol. The summed E-state index contributed by atoms with van der Waals surface area (Å²) < 4.78 is 26.3. The third-order valence-corrected chi connectivity index (χ3v) is 5.14. The molecule has 154 valence electrons. The van der Waals surface area contributed by atoms with Crippen molar-refractivity contribution in [3.63, 3.8) is 0 Å². The molecule has 0 aliphatic carbocycles. The zero-order chi connectivity index (χ0) is 21.6. The van der Waals surface area contributed by atoms with Gasteiger partial charge in [-0.15, -0.1) is 10.2 Å². The minimum atomic E-state index is -1.03. The van der Waals surface area contributed by atoms with Crippen LogP contribution >= 0.6 is 11.8 Å². The van der Waals surface area contributed by atoms with Crippen LogP contribution < -0.4 is 5.32 Å². The summed E-state index contributed by atoms with van der Waals surface area (Å²) in [6.07, 6.45) is 0. The highest BCUT2D eigenvalue weighted by Crippen LogP contribution is 2.29. The number of nitrogens with one attached hydrogen (secondary N) is 1. The lowest BCUT2D eigenvalue weighted by Gasteiger charge is -2.09. The molecule has 0 saturated heterocycles. The lowest BCUT2D eigenvalue weighted by atomic mass is 10.0. The van der Waals surface area contributed by atoms with Crippen LogP contribution in [0.4, 0.5) is 14.5 Å². The Labute approximate surface area is 181 Å². The average molecular weight is 434 g/mol. The number of benzene rings is 3. The summed E-state index contributed by atoms with van der Waals surface area (Å²) >= 11 is 1.10. The molecular formula is C23H16F2N4OS. The van der Waals surface area contributed by atoms with Crippen molar-refractivity contribution in [2.75, 3.05) is 11.1 Å². The van der Waals surface area contributed by atoms with Crippen molar-refractivity contribution in [2.45, 2.75) is 5.16 Å². The Hall–Kier alpha value is -3.65. The molecule has 4 rings (SSSR count). The summed E-state index contributed by atoms with van der Waals surface area (Å²) in [5.74, 6) is -2.41. The van der Waals surface area contributed by atoms with Crippen LogP contribution in [0.5, 0.6) is 0 Å². The van der Waals surface area contributed by atoms with E-state index >= 15 is 0 Å². The first-order valence-electron chi connectivity index (χ1n) is 9.33. The van der Waals surface area contributed by atoms with Gasteiger partial charge >= 0.3 is 0 Å². The first-order chi connectivity index (χ1) is 15.1. The molecule has 4 aromatic rings. The molecule has 0 spiro atoms. The second-order valence-electron chi connectivity index (χ2n) is 6.49. The predicted molar refractivity (Wildman–Crippen MR) is 116 cm³/mol. The normalized spacial score (nSPS) is 10.6. The number of halogens is 2. The number of carbonyl (C=O) groups excluding carboxylic acids is 1. The maximum atomic E-state index is 13.3. The Kier molecular flexibility index (Phi) is 6.28. The molecule has 0 aliphatic rings. The highest BCUT2D eigenvalue weighted by molar-refractivity contribution is 7.99. The van der Waals surface area contributed by atoms with Gasteiger partial charge < -0.3 is 5.32 Å². The molecule has 8 heteroatoms. The predicted octanol–water partition coefficient (Wildman–Crippen LogP) is 5.21. The van der Waals surface area contributed by atoms with Crippen LogP contribution in [0.15, 0.2) is 84.0 Å². The van der Waals surface area contributed by atoms with Crippen LogP contribution in [-0.2, 0) is 4.79 Å². The van der Waals surface area contributed by atoms with Crippen LogP contribution in [0, 0.1) is 11.6 Å². The Morgan fingerprint density at radius 2 is 1.45 bits per heavy atom. The van der Waals surface area contributed by atoms with Crippen molar-refractivity contribution in [3.05, 3.63) is 90.5 Å². The van der Waals surface area contributed by atoms with Gasteiger partial charge in [-0.2, -0.15) is 0 Å². The molecule has 1 aromatic heterocycles. The van der Waals surface area contributed by atoms with Crippen LogP contribution in [0.25, 0.3) is 22.5 Å². The van der Waals surface area contributed by atoms with Gasteiger partial charge in [-0.1, -0.05) is 72.4 Å². The van der Waals surface area contributed by atoms with Crippen LogP contribution in [-0.4, -0.2) is 26.8 Å². The molecule has 0 bridgehead atoms. The van der Waals surface area contributed by atoms with E-state index in [1.54, 1.807) is 0 Å². The van der Waals surface area contributed by atoms with Crippen molar-refractivity contribution in [2.24, 2.45) is 0 Å². The monoisotopic (exact) mass is 434 g/mol. The third kappa shape index (κ3) is 5.10. The summed E-state index contributed by atoms with van der Waals surface area (Å²) in [5, 5.41) is 11.4. The largest absolute Gasteiger partial charge is 0.325 e. The minimum Gasteiger partial charge on any atom is -0.325 e. The number of amides is 1. The summed E-state index contributed by atoms with van der Waals surface area (Å²) in [4.78, 5) is 16.8. The fourth-order valence-electron chi connectivity index (χ4n) is 2.86. The fourth-order valence-corrected chi connectivity index (χ4v) is 3.45. The maximum Gasteiger partial charge on any atom is 0.234 e. The Morgan fingerprint density at radius 3 is 2.10 bits per heavy atom. The van der Waals surface area contributed by atoms with Gasteiger partial charge in [0.1, 0.15) is 11.4 Å². The molecule has 1 heterocycles. The van der Waals surface area contributed by atoms with E-state index < -0.39 is 17.5 Å². The molecule has 0 saturated carbocycles. The van der Waals surface area contributed by atoms with E-state index in [9.17, 15) is 13.6 Å². The van der Waals surface area contributed by atoms with Gasteiger partial charge in [-0.25, -0.2) is 13.8 Å². The van der Waals surface area contributed by atoms with Crippen molar-refractivity contribution < 1.29 is 13.6 Å². The highest BCUT2D eigenvalue weighted by Gasteiger charge is 2.15. The fraction of sp³-hybridized carbons (Fsp3) is 0.0435. The Bertz CT molecular complexity index is 1210. The van der Waals surface area contributed by atoms with Gasteiger partial charge in [-0.3, -0.25) is 4.79 Å². The molecule has 0 atom stereocenters. The molecule has 0 aliphatic heterocycles. The minimum absolute atomic E-state index is 0.0143. The SMILES string of the molecule is O=C(CSc1nnc(-c2ccccc2)c(-c2ccccc2)n1)Nc1ccc(F)c(F)c1. The number of hydrogen-bond acceptors (Lipinski definition) is 5. The van der Waals surface area contributed by atoms with E-state index in [1.165, 1.54) is 6.07 Å². The number of carbonyl (C=O) groups is 1. The van der Waals surface area contributed by atoms with Gasteiger partial charge in [0, 0.05) is 22.9 Å². The number of nitrogens with zero attached hydrogens (tertiary/aromatic N) is 3. The van der Waals surface area contributed by atoms with Crippen LogP contribution in [0.2, 0.25) is 0 Å². The lowest BCUT2D eigenvalue weighted by molar-refractivity contribution is -0.113. The van der Waals surface area contributed by atoms with Gasteiger partial charge in [0.05, 0.1) is 5.75 Å². The number of rotatable bonds is 6. The quantitative estimate of drug-likeness (QED) is 0.422. The molecule has 3 aromatic carbocycles. The van der Waals surface area contributed by atoms with Crippen molar-refractivity contribution in [1.82, 2.24) is 15.2 Å². The lowest BCUT2D eigenvalue weighted by Crippen LogP contribution is -2.14. The first kappa shape index (κ1) is 20.6. The summed E-state index contributed by atoms with van der Waals surface area (Å²) in [6, 6.07) is 22.4. The van der Waals surface area contributed by atoms with E-state index in [1.807, 2.05) is 60.7 Å². The standard InChI is InChI=1S/C23H16F2N4OS/c24-18-12-11-17(13-19(18)25)26-20(30)14-31-23-27-21(15-7-3-1-4-8-15)22(28-29-23)16-9-5-2-6-10-16/h1-13H,14H2,(H,26,30). The zero-order valence-corrected chi connectivity index (χ0v) is 16.9. The molecule has 31 heavy (non-hydrogen) atoms. The molecule has 1 amide bonds. The van der Waals surface area contributed by atoms with E-state index in [0.29, 0.717) is 16.5 Å². The third-order valence-electron chi connectivity index (χ3n) is 4.30. The molecule has 1 N–H and O–H groups in total. The second kappa shape index (κ2) is 9.44. The van der Waals surface area contributed by atoms with Crippen molar-refractivity contribution >= 4 is 23.4 Å². The van der Waals surface area contributed by atoms with E-state index in [2.05, 4.69) is 20.5 Å².